The molecule has 260 valence electrons. The van der Waals surface area contributed by atoms with Crippen LogP contribution in [0.5, 0.6) is 5.75 Å². The SMILES string of the molecule is COc1ccc([C@@H]2OC[C@H]3O[C@H]4CC[C@H]5O[C@H]6C[C@@H](OCc7ccccc7)[C@H](COCc7ccccc7)O[C@@H]6C=C[C@@H]5O[C@@H]4C[C@@H]3O2)cc1. The third-order valence-corrected chi connectivity index (χ3v) is 10.3. The molecule has 0 N–H and O–H groups in total. The number of rotatable bonds is 9. The molecule has 0 aromatic heterocycles. The van der Waals surface area contributed by atoms with Crippen LogP contribution in [0, 0.1) is 0 Å². The van der Waals surface area contributed by atoms with Gasteiger partial charge in [0.15, 0.2) is 6.29 Å². The second-order valence-electron chi connectivity index (χ2n) is 13.6. The third kappa shape index (κ3) is 7.80. The van der Waals surface area contributed by atoms with Gasteiger partial charge >= 0.3 is 0 Å². The number of hydrogen-bond acceptors (Lipinski definition) is 9. The lowest BCUT2D eigenvalue weighted by Crippen LogP contribution is -2.53. The summed E-state index contributed by atoms with van der Waals surface area (Å²) in [5.41, 5.74) is 3.22. The van der Waals surface area contributed by atoms with Crippen molar-refractivity contribution < 1.29 is 42.6 Å². The summed E-state index contributed by atoms with van der Waals surface area (Å²) < 4.78 is 57.5. The first-order chi connectivity index (χ1) is 24.2. The molecule has 0 bridgehead atoms. The minimum atomic E-state index is -0.450. The second kappa shape index (κ2) is 15.4. The highest BCUT2D eigenvalue weighted by atomic mass is 16.7. The highest BCUT2D eigenvalue weighted by molar-refractivity contribution is 5.28. The third-order valence-electron chi connectivity index (χ3n) is 10.3. The minimum absolute atomic E-state index is 0.0404. The van der Waals surface area contributed by atoms with Gasteiger partial charge in [-0.3, -0.25) is 0 Å². The van der Waals surface area contributed by atoms with Crippen molar-refractivity contribution >= 4 is 0 Å². The molecule has 5 aliphatic rings. The zero-order chi connectivity index (χ0) is 33.0. The zero-order valence-electron chi connectivity index (χ0n) is 27.9. The quantitative estimate of drug-likeness (QED) is 0.251. The van der Waals surface area contributed by atoms with Gasteiger partial charge in [0, 0.05) is 18.4 Å². The van der Waals surface area contributed by atoms with Gasteiger partial charge in [0.2, 0.25) is 0 Å². The van der Waals surface area contributed by atoms with Crippen molar-refractivity contribution in [3.8, 4) is 5.75 Å². The van der Waals surface area contributed by atoms with E-state index in [1.165, 1.54) is 0 Å². The van der Waals surface area contributed by atoms with E-state index in [1.807, 2.05) is 60.7 Å². The molecule has 3 aromatic carbocycles. The van der Waals surface area contributed by atoms with Crippen LogP contribution in [0.3, 0.4) is 0 Å². The lowest BCUT2D eigenvalue weighted by molar-refractivity contribution is -0.306. The molecule has 0 saturated carbocycles. The van der Waals surface area contributed by atoms with Crippen LogP contribution in [0.4, 0.5) is 0 Å². The predicted octanol–water partition coefficient (Wildman–Crippen LogP) is 6.10. The monoisotopic (exact) mass is 670 g/mol. The average Bonchev–Trinajstić information content (AvgIpc) is 3.42. The van der Waals surface area contributed by atoms with Gasteiger partial charge in [0.05, 0.1) is 70.2 Å². The fraction of sp³-hybridized carbons (Fsp3) is 0.500. The number of benzene rings is 3. The van der Waals surface area contributed by atoms with E-state index in [4.69, 9.17) is 42.6 Å². The lowest BCUT2D eigenvalue weighted by atomic mass is 9.94. The average molecular weight is 671 g/mol. The normalized spacial score (nSPS) is 35.5. The van der Waals surface area contributed by atoms with Crippen LogP contribution in [0.25, 0.3) is 0 Å². The summed E-state index contributed by atoms with van der Waals surface area (Å²) in [6.45, 7) is 1.93. The standard InChI is InChI=1S/C40H46O9/c1-41-29-14-12-28(13-15-29)40-44-25-39-37(49-40)21-36-33(48-39)19-17-30-31(46-36)16-18-32-35(45-30)20-34(43-23-27-10-6-3-7-11-27)38(47-32)24-42-22-26-8-4-2-5-9-26/h2-16,18,30-40H,17,19-25H2,1H3/t30-,31+,32-,33+,34-,35+,36-,37+,38+,39-,40-/m1/s1. The van der Waals surface area contributed by atoms with E-state index in [1.54, 1.807) is 7.11 Å². The van der Waals surface area contributed by atoms with Crippen molar-refractivity contribution in [2.45, 2.75) is 106 Å². The van der Waals surface area contributed by atoms with Crippen LogP contribution in [-0.2, 0) is 51.1 Å². The summed E-state index contributed by atoms with van der Waals surface area (Å²) in [5, 5.41) is 0. The largest absolute Gasteiger partial charge is 0.497 e. The molecule has 0 amide bonds. The van der Waals surface area contributed by atoms with E-state index in [0.29, 0.717) is 32.8 Å². The molecule has 5 heterocycles. The van der Waals surface area contributed by atoms with Gasteiger partial charge < -0.3 is 42.6 Å². The zero-order valence-corrected chi connectivity index (χ0v) is 27.9. The molecule has 9 nitrogen and oxygen atoms in total. The molecular formula is C40H46O9. The summed E-state index contributed by atoms with van der Waals surface area (Å²) in [6, 6.07) is 28.3. The van der Waals surface area contributed by atoms with E-state index < -0.39 is 6.29 Å². The number of ether oxygens (including phenoxy) is 9. The van der Waals surface area contributed by atoms with Crippen molar-refractivity contribution in [1.29, 1.82) is 0 Å². The Morgan fingerprint density at radius 3 is 2.04 bits per heavy atom. The van der Waals surface area contributed by atoms with Crippen LogP contribution in [-0.4, -0.2) is 81.4 Å². The summed E-state index contributed by atoms with van der Waals surface area (Å²) in [7, 11) is 1.66. The molecule has 49 heavy (non-hydrogen) atoms. The van der Waals surface area contributed by atoms with Gasteiger partial charge in [-0.05, 0) is 36.1 Å². The van der Waals surface area contributed by atoms with Gasteiger partial charge in [-0.2, -0.15) is 0 Å². The number of fused-ring (bicyclic) bond motifs is 4. The van der Waals surface area contributed by atoms with Crippen LogP contribution in [0.2, 0.25) is 0 Å². The van der Waals surface area contributed by atoms with Gasteiger partial charge in [0.1, 0.15) is 30.2 Å². The topological polar surface area (TPSA) is 83.1 Å². The first-order valence-corrected chi connectivity index (χ1v) is 17.7. The molecule has 8 rings (SSSR count). The summed E-state index contributed by atoms with van der Waals surface area (Å²) in [5.74, 6) is 0.800. The first-order valence-electron chi connectivity index (χ1n) is 17.7. The maximum atomic E-state index is 6.87. The summed E-state index contributed by atoms with van der Waals surface area (Å²) >= 11 is 0. The Hall–Kier alpha value is -3.12. The Bertz CT molecular complexity index is 1500. The number of methoxy groups -OCH3 is 1. The fourth-order valence-electron chi connectivity index (χ4n) is 7.64. The molecule has 4 saturated heterocycles. The lowest BCUT2D eigenvalue weighted by Gasteiger charge is -2.45. The second-order valence-corrected chi connectivity index (χ2v) is 13.6. The number of hydrogen-bond donors (Lipinski definition) is 0. The molecule has 0 aliphatic carbocycles. The van der Waals surface area contributed by atoms with E-state index in [0.717, 1.165) is 41.7 Å². The van der Waals surface area contributed by atoms with Gasteiger partial charge in [0.25, 0.3) is 0 Å². The Labute approximate surface area is 288 Å². The fourth-order valence-corrected chi connectivity index (χ4v) is 7.64. The molecule has 0 radical (unpaired) electrons. The Balaban J connectivity index is 0.925. The van der Waals surface area contributed by atoms with Crippen molar-refractivity contribution in [2.24, 2.45) is 0 Å². The highest BCUT2D eigenvalue weighted by Gasteiger charge is 2.48. The predicted molar refractivity (Wildman–Crippen MR) is 180 cm³/mol. The molecule has 3 aromatic rings. The van der Waals surface area contributed by atoms with E-state index in [2.05, 4.69) is 36.4 Å². The first kappa shape index (κ1) is 33.0. The smallest absolute Gasteiger partial charge is 0.184 e. The van der Waals surface area contributed by atoms with Gasteiger partial charge in [-0.25, -0.2) is 0 Å². The molecule has 4 fully saturated rings. The van der Waals surface area contributed by atoms with Crippen molar-refractivity contribution in [3.63, 3.8) is 0 Å². The maximum absolute atomic E-state index is 6.87. The Morgan fingerprint density at radius 1 is 0.612 bits per heavy atom. The van der Waals surface area contributed by atoms with E-state index >= 15 is 0 Å². The molecule has 0 spiro atoms. The van der Waals surface area contributed by atoms with Crippen molar-refractivity contribution in [2.75, 3.05) is 20.3 Å². The molecule has 5 aliphatic heterocycles. The molecular weight excluding hydrogens is 624 g/mol. The highest BCUT2D eigenvalue weighted by Crippen LogP contribution is 2.40. The van der Waals surface area contributed by atoms with Crippen LogP contribution >= 0.6 is 0 Å². The summed E-state index contributed by atoms with van der Waals surface area (Å²) in [4.78, 5) is 0. The minimum Gasteiger partial charge on any atom is -0.497 e. The summed E-state index contributed by atoms with van der Waals surface area (Å²) in [6.07, 6.45) is 5.41. The van der Waals surface area contributed by atoms with Crippen LogP contribution in [0.15, 0.2) is 97.1 Å². The van der Waals surface area contributed by atoms with E-state index in [-0.39, 0.29) is 61.0 Å². The molecule has 11 atom stereocenters. The van der Waals surface area contributed by atoms with Gasteiger partial charge in [-0.1, -0.05) is 84.9 Å². The van der Waals surface area contributed by atoms with Crippen molar-refractivity contribution in [3.05, 3.63) is 114 Å². The molecule has 0 unspecified atom stereocenters. The van der Waals surface area contributed by atoms with Gasteiger partial charge in [-0.15, -0.1) is 0 Å². The van der Waals surface area contributed by atoms with Crippen molar-refractivity contribution in [1.82, 2.24) is 0 Å². The van der Waals surface area contributed by atoms with Crippen LogP contribution < -0.4 is 4.74 Å². The molecule has 9 heteroatoms. The maximum Gasteiger partial charge on any atom is 0.184 e. The Kier molecular flexibility index (Phi) is 10.4. The van der Waals surface area contributed by atoms with Crippen LogP contribution in [0.1, 0.15) is 48.7 Å². The Morgan fingerprint density at radius 2 is 1.29 bits per heavy atom. The van der Waals surface area contributed by atoms with E-state index in [9.17, 15) is 0 Å².